The molecule has 0 spiro atoms. The molecule has 0 amide bonds. The minimum Gasteiger partial charge on any atom is -0.466 e. The Kier molecular flexibility index (Phi) is 7.59. The fraction of sp³-hybridized carbons (Fsp3) is 0.571. The molecule has 0 radical (unpaired) electrons. The molecule has 0 atom stereocenters. The molecule has 22 heavy (non-hydrogen) atoms. The summed E-state index contributed by atoms with van der Waals surface area (Å²) in [5, 5.41) is 0.0256. The highest BCUT2D eigenvalue weighted by Crippen LogP contribution is 2.20. The van der Waals surface area contributed by atoms with Gasteiger partial charge in [-0.2, -0.15) is 4.98 Å². The van der Waals surface area contributed by atoms with Crippen molar-refractivity contribution < 1.29 is 19.1 Å². The molecule has 1 rings (SSSR count). The van der Waals surface area contributed by atoms with Crippen molar-refractivity contribution in [1.29, 1.82) is 0 Å². The molecule has 0 saturated carbocycles. The largest absolute Gasteiger partial charge is 0.466 e. The lowest BCUT2D eigenvalue weighted by molar-refractivity contribution is -0.142. The van der Waals surface area contributed by atoms with Gasteiger partial charge in [0.1, 0.15) is 11.4 Å². The summed E-state index contributed by atoms with van der Waals surface area (Å²) in [5.74, 6) is -0.479. The molecule has 0 N–H and O–H groups in total. The van der Waals surface area contributed by atoms with Gasteiger partial charge in [-0.05, 0) is 32.4 Å². The van der Waals surface area contributed by atoms with Gasteiger partial charge in [-0.15, -0.1) is 0 Å². The van der Waals surface area contributed by atoms with E-state index in [9.17, 15) is 9.59 Å². The molecule has 0 aliphatic rings. The Bertz CT molecular complexity index is 525. The second-order valence-corrected chi connectivity index (χ2v) is 4.57. The van der Waals surface area contributed by atoms with Gasteiger partial charge in [-0.1, -0.05) is 0 Å². The van der Waals surface area contributed by atoms with Gasteiger partial charge in [-0.25, -0.2) is 9.78 Å². The monoisotopic (exact) mass is 329 g/mol. The number of esters is 2. The first-order valence-corrected chi connectivity index (χ1v) is 7.51. The van der Waals surface area contributed by atoms with E-state index in [1.807, 2.05) is 6.92 Å². The lowest BCUT2D eigenvalue weighted by Crippen LogP contribution is -2.29. The van der Waals surface area contributed by atoms with Crippen molar-refractivity contribution in [2.24, 2.45) is 0 Å². The molecule has 0 aromatic carbocycles. The Morgan fingerprint density at radius 1 is 1.23 bits per heavy atom. The molecular weight excluding hydrogens is 310 g/mol. The summed E-state index contributed by atoms with van der Waals surface area (Å²) in [7, 11) is 0. The van der Waals surface area contributed by atoms with Crippen LogP contribution in [0.4, 0.5) is 5.82 Å². The van der Waals surface area contributed by atoms with E-state index in [1.54, 1.807) is 18.7 Å². The maximum absolute atomic E-state index is 12.0. The van der Waals surface area contributed by atoms with Crippen molar-refractivity contribution in [3.05, 3.63) is 17.0 Å². The lowest BCUT2D eigenvalue weighted by atomic mass is 10.2. The molecule has 122 valence electrons. The van der Waals surface area contributed by atoms with Crippen LogP contribution >= 0.6 is 11.6 Å². The van der Waals surface area contributed by atoms with Crippen LogP contribution in [0.5, 0.6) is 0 Å². The smallest absolute Gasteiger partial charge is 0.343 e. The van der Waals surface area contributed by atoms with E-state index < -0.39 is 5.97 Å². The summed E-state index contributed by atoms with van der Waals surface area (Å²) < 4.78 is 9.88. The quantitative estimate of drug-likeness (QED) is 0.533. The highest BCUT2D eigenvalue weighted by Gasteiger charge is 2.20. The van der Waals surface area contributed by atoms with Crippen molar-refractivity contribution in [2.75, 3.05) is 31.2 Å². The maximum Gasteiger partial charge on any atom is 0.343 e. The van der Waals surface area contributed by atoms with Crippen LogP contribution in [-0.2, 0) is 14.3 Å². The predicted octanol–water partition coefficient (Wildman–Crippen LogP) is 2.09. The van der Waals surface area contributed by atoms with E-state index in [-0.39, 0.29) is 29.8 Å². The molecule has 0 bridgehead atoms. The molecule has 1 aromatic heterocycles. The first-order chi connectivity index (χ1) is 10.5. The molecule has 1 aromatic rings. The van der Waals surface area contributed by atoms with Crippen molar-refractivity contribution in [3.8, 4) is 0 Å². The van der Waals surface area contributed by atoms with E-state index in [0.29, 0.717) is 25.5 Å². The van der Waals surface area contributed by atoms with Crippen LogP contribution in [-0.4, -0.2) is 48.2 Å². The number of carbonyl (C=O) groups is 2. The van der Waals surface area contributed by atoms with E-state index >= 15 is 0 Å². The van der Waals surface area contributed by atoms with Crippen molar-refractivity contribution in [2.45, 2.75) is 27.2 Å². The second kappa shape index (κ2) is 9.19. The topological polar surface area (TPSA) is 81.6 Å². The predicted molar refractivity (Wildman–Crippen MR) is 82.1 cm³/mol. The van der Waals surface area contributed by atoms with Crippen LogP contribution in [0.1, 0.15) is 37.6 Å². The summed E-state index contributed by atoms with van der Waals surface area (Å²) in [6, 6.07) is 0. The standard InChI is InChI=1S/C14H20ClN3O4/c1-4-18(8-7-11(19)21-5-2)12-10(13(20)22-6-3)9-16-14(15)17-12/h9H,4-8H2,1-3H3. The molecule has 0 aliphatic carbocycles. The van der Waals surface area contributed by atoms with Crippen LogP contribution in [0.15, 0.2) is 6.20 Å². The van der Waals surface area contributed by atoms with Crippen molar-refractivity contribution in [1.82, 2.24) is 9.97 Å². The van der Waals surface area contributed by atoms with Gasteiger partial charge >= 0.3 is 11.9 Å². The average Bonchev–Trinajstić information content (AvgIpc) is 2.48. The second-order valence-electron chi connectivity index (χ2n) is 4.23. The SMILES string of the molecule is CCOC(=O)CCN(CC)c1nc(Cl)ncc1C(=O)OCC. The van der Waals surface area contributed by atoms with Gasteiger partial charge in [0.15, 0.2) is 0 Å². The highest BCUT2D eigenvalue weighted by atomic mass is 35.5. The maximum atomic E-state index is 12.0. The van der Waals surface area contributed by atoms with Crippen LogP contribution in [0.2, 0.25) is 5.28 Å². The first-order valence-electron chi connectivity index (χ1n) is 7.13. The Morgan fingerprint density at radius 3 is 2.50 bits per heavy atom. The highest BCUT2D eigenvalue weighted by molar-refractivity contribution is 6.28. The number of hydrogen-bond acceptors (Lipinski definition) is 7. The van der Waals surface area contributed by atoms with Crippen molar-refractivity contribution in [3.63, 3.8) is 0 Å². The molecule has 1 heterocycles. The molecule has 0 fully saturated rings. The van der Waals surface area contributed by atoms with Crippen molar-refractivity contribution >= 4 is 29.4 Å². The van der Waals surface area contributed by atoms with Gasteiger partial charge in [0.25, 0.3) is 0 Å². The number of anilines is 1. The van der Waals surface area contributed by atoms with E-state index in [2.05, 4.69) is 9.97 Å². The molecular formula is C14H20ClN3O4. The van der Waals surface area contributed by atoms with Gasteiger partial charge in [-0.3, -0.25) is 4.79 Å². The average molecular weight is 330 g/mol. The van der Waals surface area contributed by atoms with Crippen LogP contribution in [0.3, 0.4) is 0 Å². The number of hydrogen-bond donors (Lipinski definition) is 0. The zero-order valence-corrected chi connectivity index (χ0v) is 13.7. The Hall–Kier alpha value is -1.89. The third-order valence-electron chi connectivity index (χ3n) is 2.81. The zero-order valence-electron chi connectivity index (χ0n) is 13.0. The summed E-state index contributed by atoms with van der Waals surface area (Å²) in [4.78, 5) is 33.1. The Balaban J connectivity index is 2.96. The van der Waals surface area contributed by atoms with Crippen LogP contribution < -0.4 is 4.90 Å². The summed E-state index contributed by atoms with van der Waals surface area (Å²) in [6.07, 6.45) is 1.52. The van der Waals surface area contributed by atoms with Gasteiger partial charge in [0, 0.05) is 19.3 Å². The molecule has 0 saturated heterocycles. The number of aromatic nitrogens is 2. The third-order valence-corrected chi connectivity index (χ3v) is 2.99. The minimum absolute atomic E-state index is 0.0256. The van der Waals surface area contributed by atoms with Gasteiger partial charge < -0.3 is 14.4 Å². The number of ether oxygens (including phenoxy) is 2. The first kappa shape index (κ1) is 18.2. The van der Waals surface area contributed by atoms with Crippen LogP contribution in [0.25, 0.3) is 0 Å². The zero-order chi connectivity index (χ0) is 16.5. The fourth-order valence-corrected chi connectivity index (χ4v) is 1.95. The van der Waals surface area contributed by atoms with Crippen LogP contribution in [0, 0.1) is 0 Å². The van der Waals surface area contributed by atoms with Gasteiger partial charge in [0.2, 0.25) is 5.28 Å². The van der Waals surface area contributed by atoms with Gasteiger partial charge in [0.05, 0.1) is 19.6 Å². The van der Waals surface area contributed by atoms with E-state index in [0.717, 1.165) is 0 Å². The third kappa shape index (κ3) is 5.14. The minimum atomic E-state index is -0.524. The summed E-state index contributed by atoms with van der Waals surface area (Å²) >= 11 is 5.82. The summed E-state index contributed by atoms with van der Waals surface area (Å²) in [5.41, 5.74) is 0.219. The molecule has 7 nitrogen and oxygen atoms in total. The Labute approximate surface area is 134 Å². The Morgan fingerprint density at radius 2 is 1.91 bits per heavy atom. The lowest BCUT2D eigenvalue weighted by Gasteiger charge is -2.23. The molecule has 0 aliphatic heterocycles. The summed E-state index contributed by atoms with van der Waals surface area (Å²) in [6.45, 7) is 6.82. The number of rotatable bonds is 8. The number of halogens is 1. The normalized spacial score (nSPS) is 10.2. The fourth-order valence-electron chi connectivity index (χ4n) is 1.82. The molecule has 8 heteroatoms. The number of nitrogens with zero attached hydrogens (tertiary/aromatic N) is 3. The molecule has 0 unspecified atom stereocenters. The number of carbonyl (C=O) groups excluding carboxylic acids is 2. The van der Waals surface area contributed by atoms with E-state index in [1.165, 1.54) is 6.20 Å². The van der Waals surface area contributed by atoms with E-state index in [4.69, 9.17) is 21.1 Å².